The molecule has 2 heterocycles. The van der Waals surface area contributed by atoms with Crippen LogP contribution in [0.5, 0.6) is 11.5 Å². The fourth-order valence-corrected chi connectivity index (χ4v) is 2.83. The second-order valence-corrected chi connectivity index (χ2v) is 5.74. The van der Waals surface area contributed by atoms with E-state index in [9.17, 15) is 0 Å². The van der Waals surface area contributed by atoms with E-state index < -0.39 is 0 Å². The van der Waals surface area contributed by atoms with Crippen molar-refractivity contribution in [3.63, 3.8) is 0 Å². The van der Waals surface area contributed by atoms with Gasteiger partial charge in [-0.05, 0) is 31.5 Å². The van der Waals surface area contributed by atoms with Crippen molar-refractivity contribution in [3.8, 4) is 11.5 Å². The third-order valence-corrected chi connectivity index (χ3v) is 4.04. The number of nitrogens with two attached hydrogens (primary N) is 1. The molecule has 94 valence electrons. The Morgan fingerprint density at radius 1 is 1.28 bits per heavy atom. The van der Waals surface area contributed by atoms with E-state index in [1.165, 1.54) is 16.9 Å². The third kappa shape index (κ3) is 1.71. The largest absolute Gasteiger partial charge is 0.454 e. The molecule has 0 radical (unpaired) electrons. The maximum Gasteiger partial charge on any atom is 0.329 e. The van der Waals surface area contributed by atoms with Gasteiger partial charge in [-0.1, -0.05) is 17.4 Å². The first-order valence-electron chi connectivity index (χ1n) is 5.74. The molecule has 0 spiro atoms. The molecule has 0 amide bonds. The lowest BCUT2D eigenvalue weighted by molar-refractivity contribution is -0.372. The SMILES string of the molecule is CC(C)(c1ccc2c(c1)OCO2)c1csc(N)[nH+]1. The van der Waals surface area contributed by atoms with E-state index in [-0.39, 0.29) is 5.41 Å². The molecule has 5 heteroatoms. The number of hydrogen-bond donors (Lipinski definition) is 1. The Morgan fingerprint density at radius 2 is 2.06 bits per heavy atom. The average molecular weight is 263 g/mol. The first-order chi connectivity index (χ1) is 8.57. The number of hydrogen-bond acceptors (Lipinski definition) is 4. The van der Waals surface area contributed by atoms with Crippen molar-refractivity contribution in [2.45, 2.75) is 19.3 Å². The van der Waals surface area contributed by atoms with E-state index in [0.29, 0.717) is 6.79 Å². The molecule has 0 atom stereocenters. The highest BCUT2D eigenvalue weighted by atomic mass is 32.1. The van der Waals surface area contributed by atoms with E-state index in [1.807, 2.05) is 12.1 Å². The van der Waals surface area contributed by atoms with Crippen LogP contribution in [0.3, 0.4) is 0 Å². The Balaban J connectivity index is 2.03. The highest BCUT2D eigenvalue weighted by Gasteiger charge is 2.30. The minimum atomic E-state index is -0.144. The zero-order valence-corrected chi connectivity index (χ0v) is 11.1. The van der Waals surface area contributed by atoms with Gasteiger partial charge < -0.3 is 9.47 Å². The topological polar surface area (TPSA) is 58.6 Å². The number of nitrogen functional groups attached to an aromatic ring is 1. The van der Waals surface area contributed by atoms with Crippen molar-refractivity contribution in [1.82, 2.24) is 0 Å². The maximum absolute atomic E-state index is 5.76. The summed E-state index contributed by atoms with van der Waals surface area (Å²) in [7, 11) is 0. The summed E-state index contributed by atoms with van der Waals surface area (Å²) in [5.74, 6) is 1.62. The van der Waals surface area contributed by atoms with Crippen molar-refractivity contribution in [2.24, 2.45) is 0 Å². The predicted octanol–water partition coefficient (Wildman–Crippen LogP) is 2.20. The molecule has 3 N–H and O–H groups in total. The van der Waals surface area contributed by atoms with E-state index in [4.69, 9.17) is 15.2 Å². The van der Waals surface area contributed by atoms with Crippen LogP contribution in [0.1, 0.15) is 25.1 Å². The molecule has 1 aliphatic heterocycles. The Hall–Kier alpha value is -1.75. The van der Waals surface area contributed by atoms with E-state index in [1.54, 1.807) is 0 Å². The number of aromatic nitrogens is 1. The van der Waals surface area contributed by atoms with Gasteiger partial charge in [0.15, 0.2) is 11.5 Å². The highest BCUT2D eigenvalue weighted by Crippen LogP contribution is 2.38. The molecule has 0 unspecified atom stereocenters. The Bertz CT molecular complexity index is 592. The van der Waals surface area contributed by atoms with Gasteiger partial charge in [0.25, 0.3) is 0 Å². The van der Waals surface area contributed by atoms with Crippen LogP contribution in [-0.2, 0) is 5.41 Å². The van der Waals surface area contributed by atoms with Crippen LogP contribution in [0, 0.1) is 0 Å². The monoisotopic (exact) mass is 263 g/mol. The number of ether oxygens (including phenoxy) is 2. The molecule has 1 aromatic heterocycles. The van der Waals surface area contributed by atoms with Crippen molar-refractivity contribution < 1.29 is 14.5 Å². The number of benzene rings is 1. The fourth-order valence-electron chi connectivity index (χ4n) is 2.06. The predicted molar refractivity (Wildman–Crippen MR) is 70.0 cm³/mol. The van der Waals surface area contributed by atoms with Crippen LogP contribution in [0.15, 0.2) is 23.6 Å². The normalized spacial score (nSPS) is 13.9. The lowest BCUT2D eigenvalue weighted by atomic mass is 9.82. The minimum Gasteiger partial charge on any atom is -0.454 e. The second kappa shape index (κ2) is 3.88. The summed E-state index contributed by atoms with van der Waals surface area (Å²) in [6, 6.07) is 6.05. The Morgan fingerprint density at radius 3 is 2.78 bits per heavy atom. The van der Waals surface area contributed by atoms with Crippen LogP contribution >= 0.6 is 11.3 Å². The summed E-state index contributed by atoms with van der Waals surface area (Å²) >= 11 is 1.52. The number of aromatic amines is 1. The zero-order chi connectivity index (χ0) is 12.8. The van der Waals surface area contributed by atoms with Gasteiger partial charge in [0.2, 0.25) is 6.79 Å². The molecular formula is C13H15N2O2S+. The van der Waals surface area contributed by atoms with E-state index >= 15 is 0 Å². The van der Waals surface area contributed by atoms with Crippen LogP contribution in [0.2, 0.25) is 0 Å². The van der Waals surface area contributed by atoms with Gasteiger partial charge in [0.1, 0.15) is 5.69 Å². The van der Waals surface area contributed by atoms with Crippen LogP contribution in [0.4, 0.5) is 5.13 Å². The molecule has 1 aromatic carbocycles. The van der Waals surface area contributed by atoms with Gasteiger partial charge in [0, 0.05) is 5.38 Å². The number of fused-ring (bicyclic) bond motifs is 1. The van der Waals surface area contributed by atoms with Gasteiger partial charge in [-0.3, -0.25) is 5.73 Å². The molecule has 1 aliphatic rings. The number of rotatable bonds is 2. The van der Waals surface area contributed by atoms with Crippen molar-refractivity contribution in [3.05, 3.63) is 34.8 Å². The van der Waals surface area contributed by atoms with Gasteiger partial charge in [-0.15, -0.1) is 0 Å². The smallest absolute Gasteiger partial charge is 0.329 e. The van der Waals surface area contributed by atoms with Gasteiger partial charge in [-0.2, -0.15) is 0 Å². The summed E-state index contributed by atoms with van der Waals surface area (Å²) in [6.07, 6.45) is 0. The first-order valence-corrected chi connectivity index (χ1v) is 6.62. The van der Waals surface area contributed by atoms with Crippen molar-refractivity contribution in [1.29, 1.82) is 0 Å². The minimum absolute atomic E-state index is 0.144. The molecule has 0 bridgehead atoms. The summed E-state index contributed by atoms with van der Waals surface area (Å²) in [5, 5.41) is 2.78. The van der Waals surface area contributed by atoms with Crippen molar-refractivity contribution in [2.75, 3.05) is 12.5 Å². The Labute approximate surface area is 109 Å². The lowest BCUT2D eigenvalue weighted by Crippen LogP contribution is -2.27. The van der Waals surface area contributed by atoms with Gasteiger partial charge in [-0.25, -0.2) is 4.98 Å². The molecule has 18 heavy (non-hydrogen) atoms. The third-order valence-electron chi connectivity index (χ3n) is 3.33. The van der Waals surface area contributed by atoms with E-state index in [2.05, 4.69) is 30.3 Å². The van der Waals surface area contributed by atoms with Crippen LogP contribution in [0.25, 0.3) is 0 Å². The molecule has 0 saturated heterocycles. The molecule has 0 saturated carbocycles. The lowest BCUT2D eigenvalue weighted by Gasteiger charge is -2.21. The van der Waals surface area contributed by atoms with Crippen LogP contribution < -0.4 is 20.2 Å². The Kier molecular flexibility index (Phi) is 2.45. The highest BCUT2D eigenvalue weighted by molar-refractivity contribution is 7.13. The van der Waals surface area contributed by atoms with E-state index in [0.717, 1.165) is 22.3 Å². The van der Waals surface area contributed by atoms with Gasteiger partial charge >= 0.3 is 5.13 Å². The second-order valence-electron chi connectivity index (χ2n) is 4.83. The summed E-state index contributed by atoms with van der Waals surface area (Å²) in [5.41, 5.74) is 7.89. The fraction of sp³-hybridized carbons (Fsp3) is 0.308. The summed E-state index contributed by atoms with van der Waals surface area (Å²) in [6.45, 7) is 4.61. The van der Waals surface area contributed by atoms with Gasteiger partial charge in [0.05, 0.1) is 5.41 Å². The molecule has 2 aromatic rings. The molecule has 3 rings (SSSR count). The number of nitrogens with one attached hydrogen (secondary N) is 1. The molecule has 0 fully saturated rings. The standard InChI is InChI=1S/C13H14N2O2S/c1-13(2,11-6-18-12(14)15-11)8-3-4-9-10(5-8)17-7-16-9/h3-6H,7H2,1-2H3,(H2,14,15)/p+1. The number of thiazole rings is 1. The number of anilines is 1. The molecule has 4 nitrogen and oxygen atoms in total. The first kappa shape index (κ1) is 11.3. The zero-order valence-electron chi connectivity index (χ0n) is 10.3. The molecular weight excluding hydrogens is 248 g/mol. The van der Waals surface area contributed by atoms with Crippen LogP contribution in [-0.4, -0.2) is 6.79 Å². The summed E-state index contributed by atoms with van der Waals surface area (Å²) < 4.78 is 10.7. The maximum atomic E-state index is 5.76. The average Bonchev–Trinajstić information content (AvgIpc) is 2.96. The quantitative estimate of drug-likeness (QED) is 0.903. The molecule has 0 aliphatic carbocycles. The number of H-pyrrole nitrogens is 1. The summed E-state index contributed by atoms with van der Waals surface area (Å²) in [4.78, 5) is 3.21. The van der Waals surface area contributed by atoms with Crippen molar-refractivity contribution >= 4 is 16.5 Å².